The molecule has 0 N–H and O–H groups in total. The molecule has 0 fully saturated rings. The summed E-state index contributed by atoms with van der Waals surface area (Å²) in [6.45, 7) is 0. The summed E-state index contributed by atoms with van der Waals surface area (Å²) in [5.41, 5.74) is 16.0. The van der Waals surface area contributed by atoms with Crippen molar-refractivity contribution in [1.82, 2.24) is 19.5 Å². The number of fused-ring (bicyclic) bond motifs is 9. The first kappa shape index (κ1) is 38.8. The quantitative estimate of drug-likeness (QED) is 0.159. The van der Waals surface area contributed by atoms with E-state index in [1.54, 1.807) is 0 Å². The zero-order chi connectivity index (χ0) is 45.4. The van der Waals surface area contributed by atoms with Crippen LogP contribution < -0.4 is 0 Å². The van der Waals surface area contributed by atoms with Gasteiger partial charge >= 0.3 is 0 Å². The van der Waals surface area contributed by atoms with Crippen molar-refractivity contribution in [3.63, 3.8) is 0 Å². The third kappa shape index (κ3) is 6.38. The van der Waals surface area contributed by atoms with Gasteiger partial charge in [-0.2, -0.15) is 0 Å². The molecular weight excluding hydrogens is 845 g/mol. The Hall–Kier alpha value is -9.39. The maximum absolute atomic E-state index is 6.83. The molecule has 10 aromatic carbocycles. The summed E-state index contributed by atoms with van der Waals surface area (Å²) in [6, 6.07) is 80.4. The minimum atomic E-state index is 0.608. The van der Waals surface area contributed by atoms with E-state index in [0.29, 0.717) is 17.5 Å². The van der Waals surface area contributed by atoms with Crippen LogP contribution in [-0.2, 0) is 0 Å². The number of para-hydroxylation sites is 2. The van der Waals surface area contributed by atoms with Gasteiger partial charge in [0.05, 0.1) is 22.1 Å². The third-order valence-electron chi connectivity index (χ3n) is 13.5. The number of aromatic nitrogens is 4. The summed E-state index contributed by atoms with van der Waals surface area (Å²) in [7, 11) is 0. The Kier molecular flexibility index (Phi) is 8.79. The molecule has 14 aromatic rings. The predicted molar refractivity (Wildman–Crippen MR) is 281 cm³/mol. The Morgan fingerprint density at radius 3 is 1.58 bits per heavy atom. The summed E-state index contributed by atoms with van der Waals surface area (Å²) in [5, 5.41) is 6.60. The van der Waals surface area contributed by atoms with E-state index in [2.05, 4.69) is 168 Å². The Bertz CT molecular complexity index is 4250. The first-order valence-electron chi connectivity index (χ1n) is 23.2. The molecule has 0 amide bonds. The van der Waals surface area contributed by atoms with Crippen LogP contribution in [0.15, 0.2) is 239 Å². The van der Waals surface area contributed by atoms with Crippen molar-refractivity contribution in [3.05, 3.63) is 231 Å². The average molecular weight is 883 g/mol. The lowest BCUT2D eigenvalue weighted by molar-refractivity contribution is 0.669. The molecule has 4 aromatic heterocycles. The van der Waals surface area contributed by atoms with Gasteiger partial charge in [-0.1, -0.05) is 170 Å². The molecule has 322 valence electrons. The summed E-state index contributed by atoms with van der Waals surface area (Å²) < 4.78 is 15.9. The number of rotatable bonds is 7. The molecule has 0 radical (unpaired) electrons. The molecule has 0 atom stereocenters. The van der Waals surface area contributed by atoms with Crippen molar-refractivity contribution in [2.75, 3.05) is 0 Å². The van der Waals surface area contributed by atoms with E-state index in [4.69, 9.17) is 23.8 Å². The van der Waals surface area contributed by atoms with Crippen molar-refractivity contribution in [2.45, 2.75) is 0 Å². The fraction of sp³-hybridized carbons (Fsp3) is 0. The van der Waals surface area contributed by atoms with Gasteiger partial charge in [0.1, 0.15) is 22.3 Å². The number of furan rings is 2. The minimum absolute atomic E-state index is 0.608. The summed E-state index contributed by atoms with van der Waals surface area (Å²) >= 11 is 0. The lowest BCUT2D eigenvalue weighted by Gasteiger charge is -2.16. The maximum Gasteiger partial charge on any atom is 0.164 e. The first-order valence-corrected chi connectivity index (χ1v) is 23.2. The normalized spacial score (nSPS) is 11.8. The van der Waals surface area contributed by atoms with Crippen LogP contribution in [0.2, 0.25) is 0 Å². The molecule has 0 unspecified atom stereocenters. The molecule has 0 aliphatic rings. The second kappa shape index (κ2) is 15.6. The van der Waals surface area contributed by atoms with Crippen LogP contribution in [0, 0.1) is 0 Å². The number of benzene rings is 10. The molecule has 0 spiro atoms. The van der Waals surface area contributed by atoms with E-state index in [9.17, 15) is 0 Å². The molecule has 4 heterocycles. The van der Waals surface area contributed by atoms with E-state index in [0.717, 1.165) is 99.5 Å². The Balaban J connectivity index is 0.938. The van der Waals surface area contributed by atoms with Gasteiger partial charge in [0, 0.05) is 49.2 Å². The van der Waals surface area contributed by atoms with Crippen LogP contribution in [0.3, 0.4) is 0 Å². The Labute approximate surface area is 396 Å². The van der Waals surface area contributed by atoms with Gasteiger partial charge in [-0.3, -0.25) is 0 Å². The summed E-state index contributed by atoms with van der Waals surface area (Å²) in [4.78, 5) is 15.0. The third-order valence-corrected chi connectivity index (χ3v) is 13.5. The average Bonchev–Trinajstić information content (AvgIpc) is 4.10. The minimum Gasteiger partial charge on any atom is -0.456 e. The van der Waals surface area contributed by atoms with Crippen molar-refractivity contribution >= 4 is 65.7 Å². The highest BCUT2D eigenvalue weighted by atomic mass is 16.3. The molecule has 0 bridgehead atoms. The first-order chi connectivity index (χ1) is 34.2. The highest BCUT2D eigenvalue weighted by molar-refractivity contribution is 6.18. The predicted octanol–water partition coefficient (Wildman–Crippen LogP) is 16.8. The van der Waals surface area contributed by atoms with Crippen molar-refractivity contribution < 1.29 is 8.83 Å². The number of hydrogen-bond donors (Lipinski definition) is 0. The van der Waals surface area contributed by atoms with Crippen LogP contribution in [0.1, 0.15) is 0 Å². The van der Waals surface area contributed by atoms with Gasteiger partial charge in [-0.05, 0) is 88.5 Å². The van der Waals surface area contributed by atoms with Crippen LogP contribution >= 0.6 is 0 Å². The number of nitrogens with zero attached hydrogens (tertiary/aromatic N) is 4. The largest absolute Gasteiger partial charge is 0.456 e. The fourth-order valence-corrected chi connectivity index (χ4v) is 10.3. The van der Waals surface area contributed by atoms with Gasteiger partial charge in [0.2, 0.25) is 0 Å². The van der Waals surface area contributed by atoms with Crippen LogP contribution in [0.5, 0.6) is 0 Å². The molecule has 0 saturated heterocycles. The van der Waals surface area contributed by atoms with Gasteiger partial charge in [0.15, 0.2) is 17.5 Å². The van der Waals surface area contributed by atoms with Crippen LogP contribution in [0.4, 0.5) is 0 Å². The Morgan fingerprint density at radius 1 is 0.275 bits per heavy atom. The van der Waals surface area contributed by atoms with E-state index >= 15 is 0 Å². The van der Waals surface area contributed by atoms with Gasteiger partial charge in [-0.15, -0.1) is 0 Å². The highest BCUT2D eigenvalue weighted by Gasteiger charge is 2.23. The lowest BCUT2D eigenvalue weighted by atomic mass is 9.95. The highest BCUT2D eigenvalue weighted by Crippen LogP contribution is 2.46. The lowest BCUT2D eigenvalue weighted by Crippen LogP contribution is -2.00. The van der Waals surface area contributed by atoms with Crippen molar-refractivity contribution in [2.24, 2.45) is 0 Å². The zero-order valence-corrected chi connectivity index (χ0v) is 37.0. The van der Waals surface area contributed by atoms with Crippen LogP contribution in [0.25, 0.3) is 139 Å². The number of hydrogen-bond acceptors (Lipinski definition) is 5. The smallest absolute Gasteiger partial charge is 0.164 e. The van der Waals surface area contributed by atoms with Gasteiger partial charge < -0.3 is 13.4 Å². The maximum atomic E-state index is 6.83. The fourth-order valence-electron chi connectivity index (χ4n) is 10.3. The molecule has 0 saturated carbocycles. The molecule has 69 heavy (non-hydrogen) atoms. The van der Waals surface area contributed by atoms with E-state index < -0.39 is 0 Å². The van der Waals surface area contributed by atoms with Gasteiger partial charge in [-0.25, -0.2) is 15.0 Å². The van der Waals surface area contributed by atoms with Crippen molar-refractivity contribution in [3.8, 4) is 73.2 Å². The molecule has 0 aliphatic carbocycles. The Morgan fingerprint density at radius 2 is 0.812 bits per heavy atom. The van der Waals surface area contributed by atoms with Crippen molar-refractivity contribution in [1.29, 1.82) is 0 Å². The molecule has 6 nitrogen and oxygen atoms in total. The molecule has 14 rings (SSSR count). The zero-order valence-electron chi connectivity index (χ0n) is 37.0. The van der Waals surface area contributed by atoms with Crippen LogP contribution in [-0.4, -0.2) is 19.5 Å². The SMILES string of the molecule is c1ccc(-c2ccc3c(c2)c2ccccc2n3-c2c(-c3ccc4c(c3)oc3cccc(-c5cccc(-c6nc(-c7ccccc7)nc(-c7ccccc7)n6)c5)c34)ccc3oc4ccccc4c23)cc1. The van der Waals surface area contributed by atoms with E-state index in [1.165, 1.54) is 21.9 Å². The van der Waals surface area contributed by atoms with E-state index in [-0.39, 0.29) is 0 Å². The second-order valence-electron chi connectivity index (χ2n) is 17.5. The monoisotopic (exact) mass is 882 g/mol. The molecule has 6 heteroatoms. The standard InChI is InChI=1S/C63H38N4O2/c1-4-16-39(17-5-1)42-31-34-53-51(37-42)48-24-10-12-27-52(48)67(53)60-47(33-35-56-59(60)49-25-11-13-28-54(49)68-56)44-30-32-50-57(38-44)69-55-29-15-26-46(58(50)55)43-22-14-23-45(36-43)63-65-61(40-18-6-2-7-19-40)64-62(66-63)41-20-8-3-9-21-41/h1-38H. The molecular formula is C63H38N4O2. The molecule has 0 aliphatic heterocycles. The summed E-state index contributed by atoms with van der Waals surface area (Å²) in [5.74, 6) is 1.86. The second-order valence-corrected chi connectivity index (χ2v) is 17.5. The van der Waals surface area contributed by atoms with Gasteiger partial charge in [0.25, 0.3) is 0 Å². The summed E-state index contributed by atoms with van der Waals surface area (Å²) in [6.07, 6.45) is 0. The topological polar surface area (TPSA) is 69.9 Å². The van der Waals surface area contributed by atoms with E-state index in [1.807, 2.05) is 66.7 Å².